The van der Waals surface area contributed by atoms with Gasteiger partial charge in [-0.2, -0.15) is 28.2 Å². The van der Waals surface area contributed by atoms with Crippen LogP contribution in [-0.4, -0.2) is 62.0 Å². The number of rotatable bonds is 5. The number of anilines is 2. The summed E-state index contributed by atoms with van der Waals surface area (Å²) in [4.78, 5) is 22.6. The largest absolute Gasteiger partial charge is 0.416 e. The van der Waals surface area contributed by atoms with E-state index in [1.165, 1.54) is 23.0 Å². The maximum absolute atomic E-state index is 13.2. The molecule has 2 saturated heterocycles. The highest BCUT2D eigenvalue weighted by Crippen LogP contribution is 2.35. The Morgan fingerprint density at radius 1 is 1.30 bits per heavy atom. The molecule has 3 N–H and O–H groups in total. The number of halogens is 3. The Bertz CT molecular complexity index is 1220. The fourth-order valence-electron chi connectivity index (χ4n) is 4.13. The first-order chi connectivity index (χ1) is 15.6. The number of nitrogens with zero attached hydrogens (tertiary/aromatic N) is 5. The van der Waals surface area contributed by atoms with Crippen molar-refractivity contribution in [3.63, 3.8) is 0 Å². The molecule has 0 bridgehead atoms. The number of nitrogens with one attached hydrogen (secondary N) is 2. The smallest absolute Gasteiger partial charge is 0.386 e. The minimum Gasteiger partial charge on any atom is -0.386 e. The van der Waals surface area contributed by atoms with Crippen LogP contribution in [0.3, 0.4) is 0 Å². The fraction of sp³-hybridized carbons (Fsp3) is 0.429. The molecule has 1 aromatic carbocycles. The molecule has 3 aromatic rings. The predicted molar refractivity (Wildman–Crippen MR) is 114 cm³/mol. The first-order valence-corrected chi connectivity index (χ1v) is 10.6. The van der Waals surface area contributed by atoms with Crippen LogP contribution in [0.4, 0.5) is 24.9 Å². The third-order valence-corrected chi connectivity index (χ3v) is 6.07. The number of β-amino-alcohol motifs (C(OH)–C–C–N with tert-alkyl or cyclic N) is 1. The average Bonchev–Trinajstić information content (AvgIpc) is 3.36. The van der Waals surface area contributed by atoms with Gasteiger partial charge in [0.15, 0.2) is 5.65 Å². The highest BCUT2D eigenvalue weighted by molar-refractivity contribution is 5.89. The number of fused-ring (bicyclic) bond motifs is 1. The standard InChI is InChI=1S/C21H22F3N7O2/c1-2-20(33)10-30(11-20)17-15-9-26-31(14-5-3-4-12(6-14)21(22,23)24)18(15)29-19(28-17)27-13-7-16(32)25-8-13/h3-6,9,13,33H,2,7-8,10-11H2,1H3,(H,25,32)(H,27,28,29). The molecule has 5 rings (SSSR count). The lowest BCUT2D eigenvalue weighted by Crippen LogP contribution is -2.62. The minimum atomic E-state index is -4.49. The van der Waals surface area contributed by atoms with Crippen molar-refractivity contribution in [2.45, 2.75) is 37.6 Å². The Balaban J connectivity index is 1.58. The number of aliphatic hydroxyl groups is 1. The van der Waals surface area contributed by atoms with Crippen LogP contribution in [0.1, 0.15) is 25.3 Å². The summed E-state index contributed by atoms with van der Waals surface area (Å²) in [6.07, 6.45) is -2.13. The molecule has 0 spiro atoms. The van der Waals surface area contributed by atoms with Crippen molar-refractivity contribution in [3.8, 4) is 5.69 Å². The molecule has 33 heavy (non-hydrogen) atoms. The highest BCUT2D eigenvalue weighted by atomic mass is 19.4. The van der Waals surface area contributed by atoms with Gasteiger partial charge in [-0.25, -0.2) is 4.68 Å². The number of amides is 1. The molecule has 2 aliphatic rings. The summed E-state index contributed by atoms with van der Waals surface area (Å²) in [6, 6.07) is 4.64. The van der Waals surface area contributed by atoms with Crippen LogP contribution in [0.5, 0.6) is 0 Å². The molecule has 174 valence electrons. The quantitative estimate of drug-likeness (QED) is 0.534. The summed E-state index contributed by atoms with van der Waals surface area (Å²) in [5.74, 6) is 0.675. The average molecular weight is 461 g/mol. The topological polar surface area (TPSA) is 108 Å². The van der Waals surface area contributed by atoms with E-state index in [0.29, 0.717) is 42.9 Å². The molecule has 9 nitrogen and oxygen atoms in total. The highest BCUT2D eigenvalue weighted by Gasteiger charge is 2.41. The number of alkyl halides is 3. The zero-order chi connectivity index (χ0) is 23.4. The van der Waals surface area contributed by atoms with Crippen molar-refractivity contribution >= 4 is 28.7 Å². The summed E-state index contributed by atoms with van der Waals surface area (Å²) in [5.41, 5.74) is -1.07. The van der Waals surface area contributed by atoms with E-state index >= 15 is 0 Å². The SMILES string of the molecule is CCC1(O)CN(c2nc(NC3CNC(=O)C3)nc3c2cnn3-c2cccc(C(F)(F)F)c2)C1. The normalized spacial score (nSPS) is 20.1. The van der Waals surface area contributed by atoms with Crippen molar-refractivity contribution in [2.24, 2.45) is 0 Å². The second-order valence-electron chi connectivity index (χ2n) is 8.50. The maximum atomic E-state index is 13.2. The molecule has 1 unspecified atom stereocenters. The van der Waals surface area contributed by atoms with E-state index in [2.05, 4.69) is 25.7 Å². The van der Waals surface area contributed by atoms with E-state index in [-0.39, 0.29) is 30.0 Å². The molecule has 4 heterocycles. The van der Waals surface area contributed by atoms with Crippen LogP contribution in [0, 0.1) is 0 Å². The summed E-state index contributed by atoms with van der Waals surface area (Å²) < 4.78 is 41.1. The lowest BCUT2D eigenvalue weighted by Gasteiger charge is -2.47. The number of benzene rings is 1. The molecule has 0 aliphatic carbocycles. The number of carbonyl (C=O) groups is 1. The third kappa shape index (κ3) is 3.94. The van der Waals surface area contributed by atoms with Crippen LogP contribution in [0.2, 0.25) is 0 Å². The summed E-state index contributed by atoms with van der Waals surface area (Å²) in [5, 5.41) is 21.2. The van der Waals surface area contributed by atoms with E-state index in [0.717, 1.165) is 12.1 Å². The molecule has 0 radical (unpaired) electrons. The van der Waals surface area contributed by atoms with Crippen molar-refractivity contribution in [1.82, 2.24) is 25.1 Å². The molecular formula is C21H22F3N7O2. The maximum Gasteiger partial charge on any atom is 0.416 e. The Morgan fingerprint density at radius 2 is 2.09 bits per heavy atom. The first-order valence-electron chi connectivity index (χ1n) is 10.6. The van der Waals surface area contributed by atoms with Gasteiger partial charge in [-0.15, -0.1) is 0 Å². The predicted octanol–water partition coefficient (Wildman–Crippen LogP) is 2.10. The zero-order valence-corrected chi connectivity index (χ0v) is 17.7. The summed E-state index contributed by atoms with van der Waals surface area (Å²) in [6.45, 7) is 3.05. The van der Waals surface area contributed by atoms with E-state index in [1.54, 1.807) is 0 Å². The molecule has 12 heteroatoms. The number of hydrogen-bond acceptors (Lipinski definition) is 7. The van der Waals surface area contributed by atoms with Crippen molar-refractivity contribution in [1.29, 1.82) is 0 Å². The van der Waals surface area contributed by atoms with Gasteiger partial charge in [0.05, 0.1) is 34.5 Å². The van der Waals surface area contributed by atoms with Gasteiger partial charge in [0.25, 0.3) is 0 Å². The second kappa shape index (κ2) is 7.58. The van der Waals surface area contributed by atoms with Gasteiger partial charge in [-0.1, -0.05) is 13.0 Å². The van der Waals surface area contributed by atoms with Gasteiger partial charge in [0, 0.05) is 26.1 Å². The van der Waals surface area contributed by atoms with E-state index in [4.69, 9.17) is 0 Å². The fourth-order valence-corrected chi connectivity index (χ4v) is 4.13. The zero-order valence-electron chi connectivity index (χ0n) is 17.7. The Morgan fingerprint density at radius 3 is 2.76 bits per heavy atom. The Labute approximate surface area is 186 Å². The monoisotopic (exact) mass is 461 g/mol. The molecular weight excluding hydrogens is 439 g/mol. The third-order valence-electron chi connectivity index (χ3n) is 6.07. The number of carbonyl (C=O) groups excluding carboxylic acids is 1. The Kier molecular flexibility index (Phi) is 4.92. The van der Waals surface area contributed by atoms with Crippen LogP contribution in [0.25, 0.3) is 16.7 Å². The van der Waals surface area contributed by atoms with Gasteiger partial charge in [-0.3, -0.25) is 4.79 Å². The van der Waals surface area contributed by atoms with Gasteiger partial charge in [0.1, 0.15) is 5.82 Å². The van der Waals surface area contributed by atoms with Crippen LogP contribution >= 0.6 is 0 Å². The molecule has 0 saturated carbocycles. The van der Waals surface area contributed by atoms with Crippen molar-refractivity contribution in [2.75, 3.05) is 29.9 Å². The van der Waals surface area contributed by atoms with Gasteiger partial charge in [0.2, 0.25) is 11.9 Å². The first kappa shape index (κ1) is 21.4. The molecule has 1 atom stereocenters. The summed E-state index contributed by atoms with van der Waals surface area (Å²) in [7, 11) is 0. The van der Waals surface area contributed by atoms with Crippen LogP contribution in [0.15, 0.2) is 30.5 Å². The van der Waals surface area contributed by atoms with E-state index in [1.807, 2.05) is 11.8 Å². The number of aromatic nitrogens is 4. The lowest BCUT2D eigenvalue weighted by molar-refractivity contribution is -0.137. The van der Waals surface area contributed by atoms with Crippen molar-refractivity contribution < 1.29 is 23.1 Å². The van der Waals surface area contributed by atoms with Crippen LogP contribution in [-0.2, 0) is 11.0 Å². The van der Waals surface area contributed by atoms with Gasteiger partial charge >= 0.3 is 6.18 Å². The van der Waals surface area contributed by atoms with E-state index < -0.39 is 17.3 Å². The molecule has 1 amide bonds. The lowest BCUT2D eigenvalue weighted by atomic mass is 9.91. The van der Waals surface area contributed by atoms with Gasteiger partial charge < -0.3 is 20.6 Å². The minimum absolute atomic E-state index is 0.0847. The molecule has 2 aliphatic heterocycles. The van der Waals surface area contributed by atoms with E-state index in [9.17, 15) is 23.1 Å². The van der Waals surface area contributed by atoms with Crippen molar-refractivity contribution in [3.05, 3.63) is 36.0 Å². The molecule has 2 aromatic heterocycles. The molecule has 2 fully saturated rings. The number of hydrogen-bond donors (Lipinski definition) is 3. The summed E-state index contributed by atoms with van der Waals surface area (Å²) >= 11 is 0. The second-order valence-corrected chi connectivity index (χ2v) is 8.50. The van der Waals surface area contributed by atoms with Gasteiger partial charge in [-0.05, 0) is 24.6 Å². The Hall–Kier alpha value is -3.41. The van der Waals surface area contributed by atoms with Crippen LogP contribution < -0.4 is 15.5 Å².